The van der Waals surface area contributed by atoms with Gasteiger partial charge in [-0.1, -0.05) is 19.9 Å². The van der Waals surface area contributed by atoms with Crippen LogP contribution in [0, 0.1) is 17.3 Å². The first kappa shape index (κ1) is 12.6. The number of rotatable bonds is 3. The molecule has 0 aromatic rings. The van der Waals surface area contributed by atoms with Crippen molar-refractivity contribution in [1.29, 1.82) is 0 Å². The zero-order valence-electron chi connectivity index (χ0n) is 11.2. The number of allylic oxidation sites excluding steroid dienone is 1. The fourth-order valence-electron chi connectivity index (χ4n) is 3.03. The van der Waals surface area contributed by atoms with Crippen LogP contribution in [0.3, 0.4) is 0 Å². The lowest BCUT2D eigenvalue weighted by atomic mass is 9.49. The molecule has 1 fully saturated rings. The van der Waals surface area contributed by atoms with Gasteiger partial charge in [-0.2, -0.15) is 0 Å². The van der Waals surface area contributed by atoms with Gasteiger partial charge in [0.15, 0.2) is 0 Å². The van der Waals surface area contributed by atoms with Gasteiger partial charge >= 0.3 is 0 Å². The van der Waals surface area contributed by atoms with E-state index in [-0.39, 0.29) is 17.9 Å². The van der Waals surface area contributed by atoms with Gasteiger partial charge in [0.2, 0.25) is 5.91 Å². The molecule has 2 N–H and O–H groups in total. The third-order valence-corrected chi connectivity index (χ3v) is 4.58. The molecule has 0 unspecified atom stereocenters. The Kier molecular flexibility index (Phi) is 2.85. The van der Waals surface area contributed by atoms with E-state index in [4.69, 9.17) is 0 Å². The molecular formula is C14H23NO2. The molecule has 0 saturated heterocycles. The first-order chi connectivity index (χ1) is 7.78. The quantitative estimate of drug-likeness (QED) is 0.787. The second-order valence-corrected chi connectivity index (χ2v) is 6.70. The van der Waals surface area contributed by atoms with Crippen molar-refractivity contribution in [1.82, 2.24) is 5.32 Å². The number of carbonyl (C=O) groups excluding carboxylic acids is 1. The number of hydrogen-bond acceptors (Lipinski definition) is 2. The third kappa shape index (κ3) is 2.01. The zero-order chi connectivity index (χ0) is 12.8. The van der Waals surface area contributed by atoms with E-state index in [9.17, 15) is 9.90 Å². The maximum absolute atomic E-state index is 12.2. The number of amides is 1. The van der Waals surface area contributed by atoms with Crippen molar-refractivity contribution in [3.8, 4) is 0 Å². The van der Waals surface area contributed by atoms with E-state index in [1.165, 1.54) is 0 Å². The second-order valence-electron chi connectivity index (χ2n) is 6.70. The van der Waals surface area contributed by atoms with Gasteiger partial charge in [-0.15, -0.1) is 0 Å². The number of aliphatic hydroxyl groups is 1. The van der Waals surface area contributed by atoms with Crippen molar-refractivity contribution in [2.24, 2.45) is 17.3 Å². The van der Waals surface area contributed by atoms with E-state index in [0.717, 1.165) is 24.3 Å². The van der Waals surface area contributed by atoms with E-state index in [1.54, 1.807) is 0 Å². The van der Waals surface area contributed by atoms with Gasteiger partial charge in [0.1, 0.15) is 0 Å². The Bertz CT molecular complexity index is 368. The maximum Gasteiger partial charge on any atom is 0.247 e. The summed E-state index contributed by atoms with van der Waals surface area (Å²) in [4.78, 5) is 12.2. The molecular weight excluding hydrogens is 214 g/mol. The van der Waals surface area contributed by atoms with E-state index < -0.39 is 5.54 Å². The van der Waals surface area contributed by atoms with Crippen molar-refractivity contribution in [2.45, 2.75) is 46.1 Å². The summed E-state index contributed by atoms with van der Waals surface area (Å²) in [7, 11) is 0. The highest BCUT2D eigenvalue weighted by molar-refractivity contribution is 5.95. The largest absolute Gasteiger partial charge is 0.394 e. The second kappa shape index (κ2) is 3.84. The van der Waals surface area contributed by atoms with E-state index in [0.29, 0.717) is 5.92 Å². The molecule has 1 amide bonds. The summed E-state index contributed by atoms with van der Waals surface area (Å²) in [6.45, 7) is 8.14. The molecule has 2 bridgehead atoms. The molecule has 3 rings (SSSR count). The van der Waals surface area contributed by atoms with Crippen LogP contribution in [0.2, 0.25) is 0 Å². The van der Waals surface area contributed by atoms with Crippen LogP contribution < -0.4 is 5.32 Å². The van der Waals surface area contributed by atoms with Crippen LogP contribution in [-0.4, -0.2) is 23.2 Å². The fourth-order valence-corrected chi connectivity index (χ4v) is 3.03. The monoisotopic (exact) mass is 237 g/mol. The minimum absolute atomic E-state index is 0.000255. The highest BCUT2D eigenvalue weighted by Gasteiger charge is 2.52. The van der Waals surface area contributed by atoms with Gasteiger partial charge in [-0.05, 0) is 43.9 Å². The molecule has 0 aromatic heterocycles. The number of hydrogen-bond donors (Lipinski definition) is 2. The number of fused-ring (bicyclic) bond motifs is 1. The summed E-state index contributed by atoms with van der Waals surface area (Å²) in [6.07, 6.45) is 4.25. The summed E-state index contributed by atoms with van der Waals surface area (Å²) in [5.41, 5.74) is 0.659. The number of aliphatic hydroxyl groups excluding tert-OH is 1. The van der Waals surface area contributed by atoms with Crippen LogP contribution in [0.4, 0.5) is 0 Å². The Morgan fingerprint density at radius 1 is 1.59 bits per heavy atom. The van der Waals surface area contributed by atoms with Crippen LogP contribution in [0.5, 0.6) is 0 Å². The van der Waals surface area contributed by atoms with Gasteiger partial charge < -0.3 is 10.4 Å². The lowest BCUT2D eigenvalue weighted by Crippen LogP contribution is -2.54. The Balaban J connectivity index is 2.09. The minimum atomic E-state index is -0.539. The summed E-state index contributed by atoms with van der Waals surface area (Å²) in [6, 6.07) is 0. The number of nitrogens with one attached hydrogen (secondary N) is 1. The molecule has 3 heteroatoms. The van der Waals surface area contributed by atoms with Gasteiger partial charge in [-0.3, -0.25) is 4.79 Å². The Hall–Kier alpha value is -0.830. The molecule has 3 nitrogen and oxygen atoms in total. The molecule has 17 heavy (non-hydrogen) atoms. The fraction of sp³-hybridized carbons (Fsp3) is 0.786. The lowest BCUT2D eigenvalue weighted by molar-refractivity contribution is -0.123. The Labute approximate surface area is 103 Å². The van der Waals surface area contributed by atoms with Crippen molar-refractivity contribution in [3.05, 3.63) is 11.6 Å². The first-order valence-electron chi connectivity index (χ1n) is 6.41. The molecule has 2 atom stereocenters. The Morgan fingerprint density at radius 3 is 2.71 bits per heavy atom. The van der Waals surface area contributed by atoms with E-state index in [2.05, 4.69) is 25.2 Å². The highest BCUT2D eigenvalue weighted by atomic mass is 16.3. The smallest absolute Gasteiger partial charge is 0.247 e. The standard InChI is InChI=1S/C14H23NO2/c1-13(2,8-16)15-12(17)10-6-5-9-7-11(10)14(9,3)4/h6,9,11,16H,5,7-8H2,1-4H3,(H,15,17)/t9-,11-/m0/s1. The van der Waals surface area contributed by atoms with Crippen molar-refractivity contribution in [3.63, 3.8) is 0 Å². The van der Waals surface area contributed by atoms with Crippen molar-refractivity contribution < 1.29 is 9.90 Å². The van der Waals surface area contributed by atoms with Crippen LogP contribution in [-0.2, 0) is 4.79 Å². The molecule has 0 heterocycles. The predicted molar refractivity (Wildman–Crippen MR) is 67.4 cm³/mol. The van der Waals surface area contributed by atoms with Crippen LogP contribution in [0.15, 0.2) is 11.6 Å². The van der Waals surface area contributed by atoms with E-state index in [1.807, 2.05) is 13.8 Å². The van der Waals surface area contributed by atoms with Crippen molar-refractivity contribution in [2.75, 3.05) is 6.61 Å². The number of carbonyl (C=O) groups is 1. The van der Waals surface area contributed by atoms with Crippen molar-refractivity contribution >= 4 is 5.91 Å². The third-order valence-electron chi connectivity index (χ3n) is 4.58. The van der Waals surface area contributed by atoms with Crippen LogP contribution in [0.1, 0.15) is 40.5 Å². The first-order valence-corrected chi connectivity index (χ1v) is 6.41. The molecule has 0 spiro atoms. The SMILES string of the molecule is CC(C)(CO)NC(=O)C1=CC[C@H]2C[C@@H]1C2(C)C. The topological polar surface area (TPSA) is 49.3 Å². The summed E-state index contributed by atoms with van der Waals surface area (Å²) < 4.78 is 0. The molecule has 3 aliphatic rings. The maximum atomic E-state index is 12.2. The van der Waals surface area contributed by atoms with Gasteiger partial charge in [0.05, 0.1) is 12.1 Å². The Morgan fingerprint density at radius 2 is 2.24 bits per heavy atom. The van der Waals surface area contributed by atoms with Gasteiger partial charge in [-0.25, -0.2) is 0 Å². The lowest BCUT2D eigenvalue weighted by Gasteiger charge is -2.56. The summed E-state index contributed by atoms with van der Waals surface area (Å²) in [5.74, 6) is 1.14. The van der Waals surface area contributed by atoms with Crippen LogP contribution >= 0.6 is 0 Å². The summed E-state index contributed by atoms with van der Waals surface area (Å²) in [5, 5.41) is 12.1. The average Bonchev–Trinajstić information content (AvgIpc) is 2.28. The zero-order valence-corrected chi connectivity index (χ0v) is 11.2. The normalized spacial score (nSPS) is 30.3. The molecule has 3 aliphatic carbocycles. The molecule has 0 aromatic carbocycles. The summed E-state index contributed by atoms with van der Waals surface area (Å²) >= 11 is 0. The molecule has 96 valence electrons. The van der Waals surface area contributed by atoms with Crippen LogP contribution in [0.25, 0.3) is 0 Å². The average molecular weight is 237 g/mol. The van der Waals surface area contributed by atoms with Gasteiger partial charge in [0, 0.05) is 5.57 Å². The minimum Gasteiger partial charge on any atom is -0.394 e. The van der Waals surface area contributed by atoms with E-state index >= 15 is 0 Å². The predicted octanol–water partition coefficient (Wildman–Crippen LogP) is 1.87. The molecule has 1 saturated carbocycles. The van der Waals surface area contributed by atoms with Gasteiger partial charge in [0.25, 0.3) is 0 Å². The molecule has 0 radical (unpaired) electrons. The molecule has 0 aliphatic heterocycles. The highest BCUT2D eigenvalue weighted by Crippen LogP contribution is 2.59.